The topological polar surface area (TPSA) is 20.3 Å². The van der Waals surface area contributed by atoms with Gasteiger partial charge in [-0.3, -0.25) is 4.79 Å². The number of hydrogen-bond donors (Lipinski definition) is 0. The van der Waals surface area contributed by atoms with Gasteiger partial charge in [0.25, 0.3) is 0 Å². The van der Waals surface area contributed by atoms with Gasteiger partial charge in [-0.05, 0) is 18.8 Å². The summed E-state index contributed by atoms with van der Waals surface area (Å²) in [5.74, 6) is 0.872. The predicted octanol–water partition coefficient (Wildman–Crippen LogP) is 2.77. The molecule has 0 aromatic rings. The minimum Gasteiger partial charge on any atom is -0.335 e. The van der Waals surface area contributed by atoms with Crippen LogP contribution < -0.4 is 0 Å². The highest BCUT2D eigenvalue weighted by molar-refractivity contribution is 5.76. The summed E-state index contributed by atoms with van der Waals surface area (Å²) in [7, 11) is 0. The number of carbonyl (C=O) groups excluding carboxylic acids is 1. The van der Waals surface area contributed by atoms with Gasteiger partial charge in [-0.1, -0.05) is 25.0 Å². The number of rotatable bonds is 6. The van der Waals surface area contributed by atoms with Crippen LogP contribution in [0, 0.1) is 5.92 Å². The third-order valence-electron chi connectivity index (χ3n) is 2.99. The average Bonchev–Trinajstić information content (AvgIpc) is 2.70. The molecule has 1 fully saturated rings. The molecule has 0 bridgehead atoms. The Morgan fingerprint density at radius 2 is 1.73 bits per heavy atom. The van der Waals surface area contributed by atoms with E-state index in [4.69, 9.17) is 0 Å². The van der Waals surface area contributed by atoms with Gasteiger partial charge in [-0.2, -0.15) is 0 Å². The molecule has 1 aliphatic carbocycles. The maximum absolute atomic E-state index is 11.9. The van der Waals surface area contributed by atoms with E-state index < -0.39 is 0 Å². The average molecular weight is 207 g/mol. The fourth-order valence-electron chi connectivity index (χ4n) is 2.18. The first-order valence-electron chi connectivity index (χ1n) is 5.77. The number of amides is 1. The fraction of sp³-hybridized carbons (Fsp3) is 0.615. The Morgan fingerprint density at radius 3 is 2.20 bits per heavy atom. The molecule has 0 unspecified atom stereocenters. The highest BCUT2D eigenvalue weighted by Crippen LogP contribution is 2.27. The van der Waals surface area contributed by atoms with Crippen LogP contribution in [0.25, 0.3) is 0 Å². The van der Waals surface area contributed by atoms with Crippen LogP contribution in [0.15, 0.2) is 25.3 Å². The van der Waals surface area contributed by atoms with Crippen molar-refractivity contribution in [3.05, 3.63) is 25.3 Å². The van der Waals surface area contributed by atoms with E-state index in [2.05, 4.69) is 13.2 Å². The second-order valence-corrected chi connectivity index (χ2v) is 4.23. The molecule has 1 amide bonds. The molecule has 0 heterocycles. The molecule has 15 heavy (non-hydrogen) atoms. The van der Waals surface area contributed by atoms with E-state index in [1.54, 1.807) is 12.2 Å². The molecule has 0 atom stereocenters. The smallest absolute Gasteiger partial charge is 0.223 e. The van der Waals surface area contributed by atoms with E-state index in [1.165, 1.54) is 25.7 Å². The largest absolute Gasteiger partial charge is 0.335 e. The first-order valence-corrected chi connectivity index (χ1v) is 5.77. The highest BCUT2D eigenvalue weighted by Gasteiger charge is 2.20. The summed E-state index contributed by atoms with van der Waals surface area (Å²) in [6.45, 7) is 8.61. The van der Waals surface area contributed by atoms with Crippen molar-refractivity contribution in [2.24, 2.45) is 5.92 Å². The normalized spacial score (nSPS) is 16.3. The number of carbonyl (C=O) groups is 1. The lowest BCUT2D eigenvalue weighted by atomic mass is 10.0. The molecule has 2 heteroatoms. The monoisotopic (exact) mass is 207 g/mol. The van der Waals surface area contributed by atoms with Crippen LogP contribution in [0.2, 0.25) is 0 Å². The summed E-state index contributed by atoms with van der Waals surface area (Å²) in [4.78, 5) is 13.7. The standard InChI is InChI=1S/C13H21NO/c1-3-9-14(10-4-2)13(15)11-12-7-5-6-8-12/h3-4,12H,1-2,5-11H2. The van der Waals surface area contributed by atoms with Gasteiger partial charge in [-0.25, -0.2) is 0 Å². The summed E-state index contributed by atoms with van der Waals surface area (Å²) in [6, 6.07) is 0. The maximum atomic E-state index is 11.9. The molecule has 1 aliphatic rings. The molecular weight excluding hydrogens is 186 g/mol. The lowest BCUT2D eigenvalue weighted by Crippen LogP contribution is -2.32. The molecule has 84 valence electrons. The van der Waals surface area contributed by atoms with E-state index in [9.17, 15) is 4.79 Å². The lowest BCUT2D eigenvalue weighted by molar-refractivity contribution is -0.131. The van der Waals surface area contributed by atoms with E-state index in [1.807, 2.05) is 4.90 Å². The van der Waals surface area contributed by atoms with Crippen LogP contribution in [-0.4, -0.2) is 23.9 Å². The van der Waals surface area contributed by atoms with Crippen LogP contribution >= 0.6 is 0 Å². The first-order chi connectivity index (χ1) is 7.27. The van der Waals surface area contributed by atoms with Crippen molar-refractivity contribution in [3.63, 3.8) is 0 Å². The molecular formula is C13H21NO. The Labute approximate surface area is 92.7 Å². The summed E-state index contributed by atoms with van der Waals surface area (Å²) < 4.78 is 0. The molecule has 0 spiro atoms. The van der Waals surface area contributed by atoms with Crippen LogP contribution in [0.1, 0.15) is 32.1 Å². The van der Waals surface area contributed by atoms with Crippen molar-refractivity contribution in [3.8, 4) is 0 Å². The second-order valence-electron chi connectivity index (χ2n) is 4.23. The zero-order valence-electron chi connectivity index (χ0n) is 9.45. The van der Waals surface area contributed by atoms with Crippen molar-refractivity contribution in [2.45, 2.75) is 32.1 Å². The van der Waals surface area contributed by atoms with Gasteiger partial charge < -0.3 is 4.90 Å². The Morgan fingerprint density at radius 1 is 1.20 bits per heavy atom. The van der Waals surface area contributed by atoms with Gasteiger partial charge >= 0.3 is 0 Å². The van der Waals surface area contributed by atoms with Crippen molar-refractivity contribution < 1.29 is 4.79 Å². The van der Waals surface area contributed by atoms with Gasteiger partial charge in [0.15, 0.2) is 0 Å². The molecule has 0 N–H and O–H groups in total. The summed E-state index contributed by atoms with van der Waals surface area (Å²) >= 11 is 0. The SMILES string of the molecule is C=CCN(CC=C)C(=O)CC1CCCC1. The van der Waals surface area contributed by atoms with E-state index in [0.29, 0.717) is 25.4 Å². The molecule has 2 nitrogen and oxygen atoms in total. The van der Waals surface area contributed by atoms with Gasteiger partial charge in [0.1, 0.15) is 0 Å². The molecule has 0 radical (unpaired) electrons. The van der Waals surface area contributed by atoms with Crippen molar-refractivity contribution in [1.29, 1.82) is 0 Å². The van der Waals surface area contributed by atoms with Gasteiger partial charge in [-0.15, -0.1) is 13.2 Å². The Hall–Kier alpha value is -1.05. The zero-order valence-corrected chi connectivity index (χ0v) is 9.45. The molecule has 0 aliphatic heterocycles. The molecule has 0 aromatic carbocycles. The van der Waals surface area contributed by atoms with E-state index in [-0.39, 0.29) is 5.91 Å². The third-order valence-corrected chi connectivity index (χ3v) is 2.99. The Balaban J connectivity index is 2.39. The zero-order chi connectivity index (χ0) is 11.1. The fourth-order valence-corrected chi connectivity index (χ4v) is 2.18. The molecule has 0 saturated heterocycles. The van der Waals surface area contributed by atoms with Crippen LogP contribution in [-0.2, 0) is 4.79 Å². The van der Waals surface area contributed by atoms with Crippen LogP contribution in [0.5, 0.6) is 0 Å². The highest BCUT2D eigenvalue weighted by atomic mass is 16.2. The quantitative estimate of drug-likeness (QED) is 0.613. The predicted molar refractivity (Wildman–Crippen MR) is 63.5 cm³/mol. The van der Waals surface area contributed by atoms with Crippen molar-refractivity contribution in [2.75, 3.05) is 13.1 Å². The van der Waals surface area contributed by atoms with Crippen molar-refractivity contribution in [1.82, 2.24) is 4.90 Å². The van der Waals surface area contributed by atoms with Gasteiger partial charge in [0, 0.05) is 19.5 Å². The maximum Gasteiger partial charge on any atom is 0.223 e. The van der Waals surface area contributed by atoms with Crippen LogP contribution in [0.3, 0.4) is 0 Å². The van der Waals surface area contributed by atoms with Crippen molar-refractivity contribution >= 4 is 5.91 Å². The summed E-state index contributed by atoms with van der Waals surface area (Å²) in [6.07, 6.45) is 9.29. The molecule has 1 saturated carbocycles. The number of hydrogen-bond acceptors (Lipinski definition) is 1. The van der Waals surface area contributed by atoms with Gasteiger partial charge in [0.05, 0.1) is 0 Å². The minimum atomic E-state index is 0.252. The first kappa shape index (κ1) is 12.0. The summed E-state index contributed by atoms with van der Waals surface area (Å²) in [5, 5.41) is 0. The minimum absolute atomic E-state index is 0.252. The van der Waals surface area contributed by atoms with E-state index in [0.717, 1.165) is 0 Å². The Kier molecular flexibility index (Phi) is 5.16. The lowest BCUT2D eigenvalue weighted by Gasteiger charge is -2.21. The summed E-state index contributed by atoms with van der Waals surface area (Å²) in [5.41, 5.74) is 0. The third kappa shape index (κ3) is 3.90. The van der Waals surface area contributed by atoms with Gasteiger partial charge in [0.2, 0.25) is 5.91 Å². The second kappa shape index (κ2) is 6.44. The van der Waals surface area contributed by atoms with Crippen LogP contribution in [0.4, 0.5) is 0 Å². The Bertz CT molecular complexity index is 219. The molecule has 0 aromatic heterocycles. The van der Waals surface area contributed by atoms with E-state index >= 15 is 0 Å². The molecule has 1 rings (SSSR count). The number of nitrogens with zero attached hydrogens (tertiary/aromatic N) is 1.